The summed E-state index contributed by atoms with van der Waals surface area (Å²) in [6.07, 6.45) is 1.01. The molecule has 3 aromatic rings. The Balaban J connectivity index is 1.44. The quantitative estimate of drug-likeness (QED) is 0.382. The number of thiazole rings is 1. The second-order valence-corrected chi connectivity index (χ2v) is 11.9. The fraction of sp³-hybridized carbons (Fsp3) is 0.333. The number of amides is 1. The summed E-state index contributed by atoms with van der Waals surface area (Å²) in [5.74, 6) is 0.186. The number of sulfonamides is 1. The number of hydrogen-bond acceptors (Lipinski definition) is 8. The summed E-state index contributed by atoms with van der Waals surface area (Å²) in [5.41, 5.74) is 0.842. The predicted molar refractivity (Wildman–Crippen MR) is 128 cm³/mol. The Labute approximate surface area is 199 Å². The van der Waals surface area contributed by atoms with Crippen molar-refractivity contribution in [3.63, 3.8) is 0 Å². The Morgan fingerprint density at radius 1 is 1.15 bits per heavy atom. The molecule has 0 saturated carbocycles. The van der Waals surface area contributed by atoms with E-state index in [-0.39, 0.29) is 10.6 Å². The Morgan fingerprint density at radius 3 is 2.42 bits per heavy atom. The van der Waals surface area contributed by atoms with Gasteiger partial charge in [-0.1, -0.05) is 13.8 Å². The lowest BCUT2D eigenvalue weighted by Gasteiger charge is -2.34. The zero-order valence-corrected chi connectivity index (χ0v) is 20.4. The molecule has 0 radical (unpaired) electrons. The van der Waals surface area contributed by atoms with Crippen LogP contribution in [0.25, 0.3) is 10.6 Å². The van der Waals surface area contributed by atoms with Crippen LogP contribution in [0.1, 0.15) is 30.6 Å². The number of hydrogen-bond donors (Lipinski definition) is 1. The van der Waals surface area contributed by atoms with Gasteiger partial charge in [-0.15, -0.1) is 22.7 Å². The molecule has 1 aliphatic heterocycles. The van der Waals surface area contributed by atoms with Crippen LogP contribution < -0.4 is 5.32 Å². The van der Waals surface area contributed by atoms with Crippen LogP contribution >= 0.6 is 22.7 Å². The molecular formula is C21H22N4O5S3. The average Bonchev–Trinajstić information content (AvgIpc) is 3.43. The Hall–Kier alpha value is -2.67. The van der Waals surface area contributed by atoms with Crippen LogP contribution in [-0.2, 0) is 10.0 Å². The summed E-state index contributed by atoms with van der Waals surface area (Å²) in [6.45, 7) is 5.09. The van der Waals surface area contributed by atoms with Crippen molar-refractivity contribution in [3.05, 3.63) is 56.8 Å². The number of carbonyl (C=O) groups is 1. The van der Waals surface area contributed by atoms with Crippen LogP contribution in [-0.4, -0.2) is 41.6 Å². The Bertz CT molecular complexity index is 1270. The first-order valence-electron chi connectivity index (χ1n) is 10.2. The van der Waals surface area contributed by atoms with Crippen molar-refractivity contribution < 1.29 is 18.1 Å². The van der Waals surface area contributed by atoms with Crippen LogP contribution in [0.3, 0.4) is 0 Å². The number of carbonyl (C=O) groups excluding carboxylic acids is 1. The maximum atomic E-state index is 13.0. The van der Waals surface area contributed by atoms with E-state index in [9.17, 15) is 23.3 Å². The van der Waals surface area contributed by atoms with Crippen molar-refractivity contribution in [2.45, 2.75) is 25.2 Å². The molecule has 1 N–H and O–H groups in total. The fourth-order valence-electron chi connectivity index (χ4n) is 3.90. The molecule has 12 heteroatoms. The molecule has 174 valence electrons. The van der Waals surface area contributed by atoms with Gasteiger partial charge in [0, 0.05) is 30.1 Å². The monoisotopic (exact) mass is 506 g/mol. The van der Waals surface area contributed by atoms with Gasteiger partial charge in [-0.25, -0.2) is 13.4 Å². The largest absolute Gasteiger partial charge is 0.298 e. The highest BCUT2D eigenvalue weighted by molar-refractivity contribution is 7.89. The molecule has 0 aliphatic carbocycles. The fourth-order valence-corrected chi connectivity index (χ4v) is 7.17. The molecule has 1 aliphatic rings. The van der Waals surface area contributed by atoms with Crippen molar-refractivity contribution in [2.24, 2.45) is 11.8 Å². The highest BCUT2D eigenvalue weighted by atomic mass is 32.2. The second-order valence-electron chi connectivity index (χ2n) is 8.21. The molecule has 33 heavy (non-hydrogen) atoms. The minimum atomic E-state index is -3.62. The van der Waals surface area contributed by atoms with E-state index in [1.165, 1.54) is 62.7 Å². The minimum absolute atomic E-state index is 0.00269. The first kappa shape index (κ1) is 23.5. The molecule has 4 rings (SSSR count). The molecule has 2 atom stereocenters. The number of nitrogens with zero attached hydrogens (tertiary/aromatic N) is 3. The summed E-state index contributed by atoms with van der Waals surface area (Å²) in [6, 6.07) is 7.30. The number of rotatable bonds is 6. The summed E-state index contributed by atoms with van der Waals surface area (Å²) >= 11 is 2.41. The zero-order valence-electron chi connectivity index (χ0n) is 17.9. The van der Waals surface area contributed by atoms with Crippen LogP contribution in [0.15, 0.2) is 46.0 Å². The molecule has 1 fully saturated rings. The highest BCUT2D eigenvalue weighted by Crippen LogP contribution is 2.33. The number of nitrogens with one attached hydrogen (secondary N) is 1. The molecular weight excluding hydrogens is 484 g/mol. The van der Waals surface area contributed by atoms with Crippen molar-refractivity contribution in [2.75, 3.05) is 18.4 Å². The number of benzene rings is 1. The van der Waals surface area contributed by atoms with Gasteiger partial charge in [-0.3, -0.25) is 20.2 Å². The van der Waals surface area contributed by atoms with Gasteiger partial charge in [-0.05, 0) is 42.5 Å². The molecule has 0 spiro atoms. The number of piperidine rings is 1. The topological polar surface area (TPSA) is 123 Å². The van der Waals surface area contributed by atoms with Crippen LogP contribution in [0.5, 0.6) is 0 Å². The van der Waals surface area contributed by atoms with Gasteiger partial charge in [0.1, 0.15) is 0 Å². The van der Waals surface area contributed by atoms with E-state index in [0.717, 1.165) is 6.42 Å². The van der Waals surface area contributed by atoms with Gasteiger partial charge in [0.15, 0.2) is 5.13 Å². The molecule has 9 nitrogen and oxygen atoms in total. The maximum absolute atomic E-state index is 13.0. The van der Waals surface area contributed by atoms with Gasteiger partial charge >= 0.3 is 0 Å². The standard InChI is InChI=1S/C21H22N4O5S3/c1-13-7-14(2)10-24(9-13)33(29,30)17-5-3-15(4-6-17)20(26)23-21-22-18(12-32-21)19-8-16(11-31-19)25(27)28/h3-6,8,11-14H,7,9-10H2,1-2H3,(H,22,23,26). The van der Waals surface area contributed by atoms with Crippen LogP contribution in [0, 0.1) is 22.0 Å². The normalized spacial score (nSPS) is 19.3. The molecule has 1 amide bonds. The number of anilines is 1. The number of aromatic nitrogens is 1. The first-order chi connectivity index (χ1) is 15.6. The third-order valence-electron chi connectivity index (χ3n) is 5.36. The molecule has 2 unspecified atom stereocenters. The lowest BCUT2D eigenvalue weighted by atomic mass is 9.94. The second kappa shape index (κ2) is 9.29. The van der Waals surface area contributed by atoms with Crippen LogP contribution in [0.4, 0.5) is 10.8 Å². The highest BCUT2D eigenvalue weighted by Gasteiger charge is 2.31. The number of thiophene rings is 1. The van der Waals surface area contributed by atoms with Gasteiger partial charge in [0.2, 0.25) is 10.0 Å². The van der Waals surface area contributed by atoms with E-state index in [2.05, 4.69) is 24.1 Å². The summed E-state index contributed by atoms with van der Waals surface area (Å²) in [7, 11) is -3.62. The van der Waals surface area contributed by atoms with Gasteiger partial charge < -0.3 is 0 Å². The molecule has 1 aromatic carbocycles. The van der Waals surface area contributed by atoms with Gasteiger partial charge in [0.25, 0.3) is 11.6 Å². The Morgan fingerprint density at radius 2 is 1.82 bits per heavy atom. The minimum Gasteiger partial charge on any atom is -0.298 e. The third kappa shape index (κ3) is 5.13. The smallest absolute Gasteiger partial charge is 0.280 e. The summed E-state index contributed by atoms with van der Waals surface area (Å²) < 4.78 is 27.5. The average molecular weight is 507 g/mol. The van der Waals surface area contributed by atoms with Gasteiger partial charge in [0.05, 0.1) is 25.8 Å². The van der Waals surface area contributed by atoms with E-state index < -0.39 is 20.9 Å². The molecule has 2 aromatic heterocycles. The molecule has 0 bridgehead atoms. The van der Waals surface area contributed by atoms with Crippen LogP contribution in [0.2, 0.25) is 0 Å². The molecule has 1 saturated heterocycles. The van der Waals surface area contributed by atoms with E-state index in [4.69, 9.17) is 0 Å². The predicted octanol–water partition coefficient (Wildman–Crippen LogP) is 4.70. The molecule has 3 heterocycles. The first-order valence-corrected chi connectivity index (χ1v) is 13.4. The van der Waals surface area contributed by atoms with Crippen molar-refractivity contribution in [1.29, 1.82) is 0 Å². The summed E-state index contributed by atoms with van der Waals surface area (Å²) in [5, 5.41) is 17.0. The third-order valence-corrected chi connectivity index (χ3v) is 8.91. The van der Waals surface area contributed by atoms with Crippen molar-refractivity contribution in [3.8, 4) is 10.6 Å². The van der Waals surface area contributed by atoms with E-state index in [1.807, 2.05) is 0 Å². The van der Waals surface area contributed by atoms with Crippen molar-refractivity contribution in [1.82, 2.24) is 9.29 Å². The Kier molecular flexibility index (Phi) is 6.61. The van der Waals surface area contributed by atoms with E-state index >= 15 is 0 Å². The number of nitro groups is 1. The van der Waals surface area contributed by atoms with Gasteiger partial charge in [-0.2, -0.15) is 4.31 Å². The lowest BCUT2D eigenvalue weighted by Crippen LogP contribution is -2.42. The summed E-state index contributed by atoms with van der Waals surface area (Å²) in [4.78, 5) is 28.1. The SMILES string of the molecule is CC1CC(C)CN(S(=O)(=O)c2ccc(C(=O)Nc3nc(-c4cc([N+](=O)[O-])cs4)cs3)cc2)C1. The van der Waals surface area contributed by atoms with E-state index in [0.29, 0.717) is 46.2 Å². The lowest BCUT2D eigenvalue weighted by molar-refractivity contribution is -0.384. The van der Waals surface area contributed by atoms with Crippen molar-refractivity contribution >= 4 is 49.4 Å². The maximum Gasteiger partial charge on any atom is 0.280 e. The van der Waals surface area contributed by atoms with E-state index in [1.54, 1.807) is 5.38 Å². The zero-order chi connectivity index (χ0) is 23.8.